The van der Waals surface area contributed by atoms with E-state index in [1.54, 1.807) is 0 Å². The van der Waals surface area contributed by atoms with Gasteiger partial charge in [0.2, 0.25) is 0 Å². The highest BCUT2D eigenvalue weighted by atomic mass is 15.0. The van der Waals surface area contributed by atoms with Crippen LogP contribution in [0, 0.1) is 29.2 Å². The highest BCUT2D eigenvalue weighted by molar-refractivity contribution is 6.12. The van der Waals surface area contributed by atoms with E-state index >= 15 is 0 Å². The van der Waals surface area contributed by atoms with Gasteiger partial charge in [0.25, 0.3) is 0 Å². The van der Waals surface area contributed by atoms with Crippen LogP contribution in [0.15, 0.2) is 152 Å². The second kappa shape index (κ2) is 11.4. The largest absolute Gasteiger partial charge is 0.309 e. The third kappa shape index (κ3) is 4.31. The number of para-hydroxylation sites is 3. The molecule has 0 bridgehead atoms. The van der Waals surface area contributed by atoms with Crippen molar-refractivity contribution >= 4 is 49.3 Å². The maximum absolute atomic E-state index is 10.6. The van der Waals surface area contributed by atoms with E-state index in [2.05, 4.69) is 98.9 Å². The molecule has 0 saturated carbocycles. The molecule has 0 amide bonds. The Morgan fingerprint density at radius 2 is 1.04 bits per heavy atom. The van der Waals surface area contributed by atoms with Crippen molar-refractivity contribution in [2.24, 2.45) is 0 Å². The van der Waals surface area contributed by atoms with E-state index in [1.165, 1.54) is 10.8 Å². The Labute approximate surface area is 288 Å². The van der Waals surface area contributed by atoms with Crippen LogP contribution in [0.2, 0.25) is 0 Å². The van der Waals surface area contributed by atoms with Crippen molar-refractivity contribution in [1.82, 2.24) is 9.13 Å². The molecule has 50 heavy (non-hydrogen) atoms. The number of aromatic nitrogens is 2. The summed E-state index contributed by atoms with van der Waals surface area (Å²) in [6.07, 6.45) is 0. The van der Waals surface area contributed by atoms with Gasteiger partial charge < -0.3 is 9.13 Å². The molecule has 0 aliphatic rings. The first-order valence-electron chi connectivity index (χ1n) is 16.3. The second-order valence-corrected chi connectivity index (χ2v) is 12.3. The van der Waals surface area contributed by atoms with Gasteiger partial charge in [-0.05, 0) is 77.2 Å². The van der Waals surface area contributed by atoms with Crippen LogP contribution < -0.4 is 0 Å². The van der Waals surface area contributed by atoms with E-state index in [4.69, 9.17) is 6.57 Å². The van der Waals surface area contributed by atoms with Crippen molar-refractivity contribution in [3.8, 4) is 45.8 Å². The first-order chi connectivity index (χ1) is 24.7. The molecular weight excluding hydrogens is 611 g/mol. The number of nitriles is 2. The fraction of sp³-hybridized carbons (Fsp3) is 0. The van der Waals surface area contributed by atoms with Gasteiger partial charge in [-0.2, -0.15) is 10.5 Å². The van der Waals surface area contributed by atoms with Crippen LogP contribution >= 0.6 is 0 Å². The molecule has 0 aliphatic heterocycles. The number of rotatable bonds is 4. The summed E-state index contributed by atoms with van der Waals surface area (Å²) >= 11 is 0. The summed E-state index contributed by atoms with van der Waals surface area (Å²) in [5.41, 5.74) is 11.5. The molecule has 0 saturated heterocycles. The van der Waals surface area contributed by atoms with E-state index in [9.17, 15) is 10.5 Å². The van der Waals surface area contributed by atoms with Gasteiger partial charge in [-0.15, -0.1) is 0 Å². The van der Waals surface area contributed by atoms with Crippen LogP contribution in [-0.4, -0.2) is 9.13 Å². The van der Waals surface area contributed by atoms with Crippen LogP contribution in [-0.2, 0) is 0 Å². The van der Waals surface area contributed by atoms with Crippen molar-refractivity contribution in [3.05, 3.63) is 174 Å². The first kappa shape index (κ1) is 28.8. The highest BCUT2D eigenvalue weighted by Gasteiger charge is 2.20. The highest BCUT2D eigenvalue weighted by Crippen LogP contribution is 2.42. The summed E-state index contributed by atoms with van der Waals surface area (Å²) in [4.78, 5) is 3.68. The number of nitrogens with zero attached hydrogens (tertiary/aromatic N) is 5. The molecule has 9 rings (SSSR count). The number of hydrogen-bond donors (Lipinski definition) is 0. The minimum Gasteiger partial charge on any atom is -0.309 e. The van der Waals surface area contributed by atoms with Crippen LogP contribution in [0.1, 0.15) is 11.1 Å². The third-order valence-corrected chi connectivity index (χ3v) is 9.62. The lowest BCUT2D eigenvalue weighted by atomic mass is 9.91. The zero-order valence-electron chi connectivity index (χ0n) is 26.7. The van der Waals surface area contributed by atoms with Gasteiger partial charge in [0, 0.05) is 33.0 Å². The summed E-state index contributed by atoms with van der Waals surface area (Å²) in [5, 5.41) is 24.5. The number of benzene rings is 7. The zero-order chi connectivity index (χ0) is 33.8. The molecule has 2 aromatic heterocycles. The average molecular weight is 636 g/mol. The number of fused-ring (bicyclic) bond motifs is 6. The third-order valence-electron chi connectivity index (χ3n) is 9.62. The normalized spacial score (nSPS) is 11.1. The summed E-state index contributed by atoms with van der Waals surface area (Å²) in [7, 11) is 0. The van der Waals surface area contributed by atoms with E-state index in [1.807, 2.05) is 78.9 Å². The van der Waals surface area contributed by atoms with E-state index in [-0.39, 0.29) is 0 Å². The second-order valence-electron chi connectivity index (χ2n) is 12.3. The predicted octanol–water partition coefficient (Wildman–Crippen LogP) is 11.5. The maximum atomic E-state index is 10.6. The Kier molecular flexibility index (Phi) is 6.56. The number of hydrogen-bond acceptors (Lipinski definition) is 2. The van der Waals surface area contributed by atoms with Crippen molar-refractivity contribution < 1.29 is 0 Å². The van der Waals surface area contributed by atoms with E-state index in [0.717, 1.165) is 66.5 Å². The van der Waals surface area contributed by atoms with Crippen molar-refractivity contribution in [1.29, 1.82) is 10.5 Å². The van der Waals surface area contributed by atoms with E-state index < -0.39 is 0 Å². The molecule has 0 aliphatic carbocycles. The molecule has 0 fully saturated rings. The van der Waals surface area contributed by atoms with Crippen LogP contribution in [0.4, 0.5) is 5.69 Å². The fourth-order valence-corrected chi connectivity index (χ4v) is 7.46. The van der Waals surface area contributed by atoms with Crippen molar-refractivity contribution in [2.75, 3.05) is 0 Å². The first-order valence-corrected chi connectivity index (χ1v) is 16.3. The van der Waals surface area contributed by atoms with Gasteiger partial charge in [-0.3, -0.25) is 0 Å². The molecular formula is C45H25N5. The molecule has 9 aromatic rings. The van der Waals surface area contributed by atoms with Crippen molar-refractivity contribution in [2.45, 2.75) is 0 Å². The molecule has 0 N–H and O–H groups in total. The lowest BCUT2D eigenvalue weighted by Crippen LogP contribution is -1.99. The van der Waals surface area contributed by atoms with E-state index in [0.29, 0.717) is 16.8 Å². The summed E-state index contributed by atoms with van der Waals surface area (Å²) in [6.45, 7) is 7.63. The van der Waals surface area contributed by atoms with Gasteiger partial charge in [-0.25, -0.2) is 4.85 Å². The molecule has 0 unspecified atom stereocenters. The molecule has 0 atom stereocenters. The molecule has 5 nitrogen and oxygen atoms in total. The molecule has 0 radical (unpaired) electrons. The van der Waals surface area contributed by atoms with Gasteiger partial charge in [-0.1, -0.05) is 91.0 Å². The summed E-state index contributed by atoms with van der Waals surface area (Å²) < 4.78 is 4.44. The predicted molar refractivity (Wildman–Crippen MR) is 202 cm³/mol. The lowest BCUT2D eigenvalue weighted by molar-refractivity contribution is 1.18. The molecule has 2 heterocycles. The van der Waals surface area contributed by atoms with Crippen molar-refractivity contribution in [3.63, 3.8) is 0 Å². The standard InChI is InChI=1S/C45H25N5/c1-48-31-19-23-45-40(26-31)39-24-29(27-46)18-22-44(39)50(45)43-17-9-4-12-36(43)35-11-3-2-10-34(35)33-21-20-32(25-30(33)28-47)49-41-15-7-5-13-37(41)38-14-6-8-16-42(38)49/h2-26H. The molecule has 230 valence electrons. The Morgan fingerprint density at radius 3 is 1.72 bits per heavy atom. The fourth-order valence-electron chi connectivity index (χ4n) is 7.46. The maximum Gasteiger partial charge on any atom is 0.188 e. The minimum atomic E-state index is 0.547. The SMILES string of the molecule is [C-]#[N+]c1ccc2c(c1)c1cc(C#N)ccc1n2-c1ccccc1-c1ccccc1-c1ccc(-n2c3ccccc3c3ccccc32)cc1C#N. The minimum absolute atomic E-state index is 0.547. The zero-order valence-corrected chi connectivity index (χ0v) is 26.7. The van der Waals surface area contributed by atoms with Crippen LogP contribution in [0.25, 0.3) is 82.1 Å². The monoisotopic (exact) mass is 635 g/mol. The Morgan fingerprint density at radius 1 is 0.460 bits per heavy atom. The van der Waals surface area contributed by atoms with Crippen LogP contribution in [0.5, 0.6) is 0 Å². The Bertz CT molecular complexity index is 2850. The Balaban J connectivity index is 1.25. The van der Waals surface area contributed by atoms with Gasteiger partial charge in [0.15, 0.2) is 5.69 Å². The quantitative estimate of drug-likeness (QED) is 0.181. The van der Waals surface area contributed by atoms with Crippen LogP contribution in [0.3, 0.4) is 0 Å². The van der Waals surface area contributed by atoms with Gasteiger partial charge in [0.1, 0.15) is 0 Å². The average Bonchev–Trinajstić information content (AvgIpc) is 3.69. The molecule has 7 aromatic carbocycles. The summed E-state index contributed by atoms with van der Waals surface area (Å²) in [6, 6.07) is 55.6. The topological polar surface area (TPSA) is 61.8 Å². The molecule has 5 heteroatoms. The summed E-state index contributed by atoms with van der Waals surface area (Å²) in [5.74, 6) is 0. The van der Waals surface area contributed by atoms with Gasteiger partial charge in [0.05, 0.1) is 57.6 Å². The molecule has 0 spiro atoms. The Hall–Kier alpha value is -7.39. The smallest absolute Gasteiger partial charge is 0.188 e. The lowest BCUT2D eigenvalue weighted by Gasteiger charge is -2.18. The van der Waals surface area contributed by atoms with Gasteiger partial charge >= 0.3 is 0 Å².